The third-order valence-corrected chi connectivity index (χ3v) is 2.31. The van der Waals surface area contributed by atoms with E-state index in [1.165, 1.54) is 12.1 Å². The van der Waals surface area contributed by atoms with Crippen molar-refractivity contribution in [2.75, 3.05) is 0 Å². The van der Waals surface area contributed by atoms with E-state index in [-0.39, 0.29) is 10.7 Å². The van der Waals surface area contributed by atoms with Crippen LogP contribution >= 0.6 is 11.3 Å². The van der Waals surface area contributed by atoms with Gasteiger partial charge in [0.15, 0.2) is 0 Å². The number of halogens is 1. The maximum absolute atomic E-state index is 12.7. The van der Waals surface area contributed by atoms with Crippen LogP contribution in [-0.4, -0.2) is 10.2 Å². The fourth-order valence-corrected chi connectivity index (χ4v) is 1.58. The summed E-state index contributed by atoms with van der Waals surface area (Å²) in [6.45, 7) is 0. The highest BCUT2D eigenvalue weighted by atomic mass is 32.1. The summed E-state index contributed by atoms with van der Waals surface area (Å²) in [7, 11) is 0. The maximum atomic E-state index is 12.7. The minimum absolute atomic E-state index is 0.237. The number of aromatic nitrogens is 2. The lowest BCUT2D eigenvalue weighted by molar-refractivity contribution is 0.628. The molecule has 0 bridgehead atoms. The van der Waals surface area contributed by atoms with Gasteiger partial charge in [0, 0.05) is 5.56 Å². The summed E-state index contributed by atoms with van der Waals surface area (Å²) in [5, 5.41) is 6.52. The van der Waals surface area contributed by atoms with Gasteiger partial charge in [0.1, 0.15) is 10.8 Å². The number of nitrogens with zero attached hydrogens (tertiary/aromatic N) is 1. The molecule has 13 heavy (non-hydrogen) atoms. The van der Waals surface area contributed by atoms with Crippen LogP contribution in [0.5, 0.6) is 0 Å². The smallest absolute Gasteiger partial charge is 0.255 e. The van der Waals surface area contributed by atoms with Gasteiger partial charge in [-0.1, -0.05) is 23.5 Å². The van der Waals surface area contributed by atoms with Crippen LogP contribution in [0.25, 0.3) is 10.6 Å². The number of rotatable bonds is 1. The molecule has 0 unspecified atom stereocenters. The first kappa shape index (κ1) is 8.12. The van der Waals surface area contributed by atoms with Crippen LogP contribution in [0.15, 0.2) is 29.1 Å². The van der Waals surface area contributed by atoms with Crippen LogP contribution in [0.2, 0.25) is 0 Å². The predicted molar refractivity (Wildman–Crippen MR) is 48.1 cm³/mol. The molecule has 1 aromatic heterocycles. The Bertz CT molecular complexity index is 477. The summed E-state index contributed by atoms with van der Waals surface area (Å²) < 4.78 is 12.7. The van der Waals surface area contributed by atoms with Crippen LogP contribution < -0.4 is 4.87 Å². The molecule has 0 fully saturated rings. The Labute approximate surface area is 76.9 Å². The highest BCUT2D eigenvalue weighted by Gasteiger charge is 2.03. The van der Waals surface area contributed by atoms with Crippen LogP contribution in [0.1, 0.15) is 0 Å². The molecule has 0 amide bonds. The average molecular weight is 196 g/mol. The summed E-state index contributed by atoms with van der Waals surface area (Å²) in [4.78, 5) is 10.5. The minimum Gasteiger partial charge on any atom is -0.255 e. The van der Waals surface area contributed by atoms with Gasteiger partial charge in [-0.05, 0) is 12.1 Å². The molecule has 0 saturated heterocycles. The molecule has 0 radical (unpaired) electrons. The number of hydrogen-bond acceptors (Lipinski definition) is 3. The van der Waals surface area contributed by atoms with E-state index in [4.69, 9.17) is 0 Å². The van der Waals surface area contributed by atoms with E-state index < -0.39 is 0 Å². The van der Waals surface area contributed by atoms with E-state index >= 15 is 0 Å². The first-order chi connectivity index (χ1) is 6.25. The number of benzene rings is 1. The number of nitrogens with one attached hydrogen (secondary N) is 1. The summed E-state index contributed by atoms with van der Waals surface area (Å²) >= 11 is 0.961. The van der Waals surface area contributed by atoms with E-state index in [2.05, 4.69) is 10.2 Å². The highest BCUT2D eigenvalue weighted by molar-refractivity contribution is 7.12. The Kier molecular flexibility index (Phi) is 1.94. The Balaban J connectivity index is 2.52. The van der Waals surface area contributed by atoms with E-state index in [0.29, 0.717) is 10.6 Å². The standard InChI is InChI=1S/C8H5FN2OS/c9-6-3-1-2-5(4-6)7-10-11-8(12)13-7/h1-4H,(H,11,12). The Morgan fingerprint density at radius 2 is 2.31 bits per heavy atom. The summed E-state index contributed by atoms with van der Waals surface area (Å²) in [6.07, 6.45) is 0. The number of hydrogen-bond donors (Lipinski definition) is 1. The van der Waals surface area contributed by atoms with E-state index in [9.17, 15) is 9.18 Å². The van der Waals surface area contributed by atoms with Gasteiger partial charge in [0.2, 0.25) is 0 Å². The molecule has 2 rings (SSSR count). The minimum atomic E-state index is -0.333. The van der Waals surface area contributed by atoms with Crippen LogP contribution in [0.3, 0.4) is 0 Å². The second kappa shape index (κ2) is 3.10. The van der Waals surface area contributed by atoms with E-state index in [1.807, 2.05) is 0 Å². The molecule has 1 heterocycles. The van der Waals surface area contributed by atoms with Gasteiger partial charge in [-0.25, -0.2) is 9.49 Å². The zero-order chi connectivity index (χ0) is 9.26. The lowest BCUT2D eigenvalue weighted by atomic mass is 10.2. The zero-order valence-corrected chi connectivity index (χ0v) is 7.27. The van der Waals surface area contributed by atoms with Gasteiger partial charge in [-0.3, -0.25) is 4.79 Å². The molecule has 0 aliphatic heterocycles. The van der Waals surface area contributed by atoms with Gasteiger partial charge < -0.3 is 0 Å². The average Bonchev–Trinajstić information content (AvgIpc) is 2.52. The van der Waals surface area contributed by atoms with Crippen molar-refractivity contribution < 1.29 is 4.39 Å². The van der Waals surface area contributed by atoms with E-state index in [0.717, 1.165) is 11.3 Å². The third-order valence-electron chi connectivity index (χ3n) is 1.51. The molecule has 3 nitrogen and oxygen atoms in total. The Morgan fingerprint density at radius 1 is 1.46 bits per heavy atom. The topological polar surface area (TPSA) is 45.8 Å². The third kappa shape index (κ3) is 1.65. The molecular formula is C8H5FN2OS. The van der Waals surface area contributed by atoms with E-state index in [1.54, 1.807) is 12.1 Å². The highest BCUT2D eigenvalue weighted by Crippen LogP contribution is 2.18. The van der Waals surface area contributed by atoms with Crippen molar-refractivity contribution in [3.8, 4) is 10.6 Å². The number of H-pyrrole nitrogens is 1. The number of aromatic amines is 1. The second-order valence-corrected chi connectivity index (χ2v) is 3.39. The quantitative estimate of drug-likeness (QED) is 0.753. The molecule has 2 aromatic rings. The van der Waals surface area contributed by atoms with Crippen LogP contribution in [-0.2, 0) is 0 Å². The molecule has 1 aromatic carbocycles. The van der Waals surface area contributed by atoms with Gasteiger partial charge >= 0.3 is 4.87 Å². The molecule has 0 spiro atoms. The SMILES string of the molecule is O=c1[nH]nc(-c2cccc(F)c2)s1. The van der Waals surface area contributed by atoms with Crippen molar-refractivity contribution in [3.05, 3.63) is 39.8 Å². The van der Waals surface area contributed by atoms with Gasteiger partial charge in [0.25, 0.3) is 0 Å². The normalized spacial score (nSPS) is 10.2. The molecule has 0 aliphatic rings. The van der Waals surface area contributed by atoms with Crippen molar-refractivity contribution in [2.24, 2.45) is 0 Å². The molecule has 1 N–H and O–H groups in total. The van der Waals surface area contributed by atoms with Crippen molar-refractivity contribution >= 4 is 11.3 Å². The van der Waals surface area contributed by atoms with Crippen molar-refractivity contribution in [3.63, 3.8) is 0 Å². The first-order valence-corrected chi connectivity index (χ1v) is 4.39. The summed E-state index contributed by atoms with van der Waals surface area (Å²) in [5.74, 6) is -0.333. The Hall–Kier alpha value is -1.49. The maximum Gasteiger partial charge on any atom is 0.322 e. The Morgan fingerprint density at radius 3 is 2.92 bits per heavy atom. The first-order valence-electron chi connectivity index (χ1n) is 3.57. The molecule has 66 valence electrons. The van der Waals surface area contributed by atoms with Crippen LogP contribution in [0, 0.1) is 5.82 Å². The monoisotopic (exact) mass is 196 g/mol. The molecule has 0 aliphatic carbocycles. The summed E-state index contributed by atoms with van der Waals surface area (Å²) in [6, 6.07) is 5.97. The molecular weight excluding hydrogens is 191 g/mol. The van der Waals surface area contributed by atoms with Crippen molar-refractivity contribution in [1.82, 2.24) is 10.2 Å². The van der Waals surface area contributed by atoms with Crippen molar-refractivity contribution in [1.29, 1.82) is 0 Å². The lowest BCUT2D eigenvalue weighted by Gasteiger charge is -1.93. The predicted octanol–water partition coefficient (Wildman–Crippen LogP) is 1.64. The van der Waals surface area contributed by atoms with Gasteiger partial charge in [-0.2, -0.15) is 5.10 Å². The molecule has 0 saturated carbocycles. The fraction of sp³-hybridized carbons (Fsp3) is 0. The summed E-state index contributed by atoms with van der Waals surface area (Å²) in [5.41, 5.74) is 0.614. The largest absolute Gasteiger partial charge is 0.322 e. The van der Waals surface area contributed by atoms with Gasteiger partial charge in [-0.15, -0.1) is 0 Å². The zero-order valence-electron chi connectivity index (χ0n) is 6.45. The van der Waals surface area contributed by atoms with Gasteiger partial charge in [0.05, 0.1) is 0 Å². The van der Waals surface area contributed by atoms with Crippen molar-refractivity contribution in [2.45, 2.75) is 0 Å². The lowest BCUT2D eigenvalue weighted by Crippen LogP contribution is -1.90. The molecule has 0 atom stereocenters. The van der Waals surface area contributed by atoms with Crippen LogP contribution in [0.4, 0.5) is 4.39 Å². The second-order valence-electron chi connectivity index (χ2n) is 2.43. The molecule has 5 heteroatoms. The fourth-order valence-electron chi connectivity index (χ4n) is 0.975.